The lowest BCUT2D eigenvalue weighted by atomic mass is 9.81. The zero-order chi connectivity index (χ0) is 18.7. The summed E-state index contributed by atoms with van der Waals surface area (Å²) in [5, 5.41) is 0. The first-order valence-electron chi connectivity index (χ1n) is 9.28. The van der Waals surface area contributed by atoms with Gasteiger partial charge in [0.1, 0.15) is 7.05 Å². The van der Waals surface area contributed by atoms with E-state index in [1.54, 1.807) is 0 Å². The van der Waals surface area contributed by atoms with E-state index in [1.165, 1.54) is 28.2 Å². The maximum Gasteiger partial charge on any atom is 0.209 e. The van der Waals surface area contributed by atoms with Crippen molar-refractivity contribution < 1.29 is 17.0 Å². The van der Waals surface area contributed by atoms with Crippen LogP contribution in [0.5, 0.6) is 0 Å². The molecule has 0 N–H and O–H groups in total. The molecule has 0 unspecified atom stereocenters. The monoisotopic (exact) mass is 402 g/mol. The smallest absolute Gasteiger partial charge is 0.209 e. The van der Waals surface area contributed by atoms with Gasteiger partial charge in [-0.25, -0.2) is 0 Å². The highest BCUT2D eigenvalue weighted by molar-refractivity contribution is 6.18. The van der Waals surface area contributed by atoms with Crippen LogP contribution in [0.2, 0.25) is 0 Å². The van der Waals surface area contributed by atoms with Gasteiger partial charge in [-0.2, -0.15) is 4.58 Å². The number of hydrogen-bond acceptors (Lipinski definition) is 1. The van der Waals surface area contributed by atoms with Crippen LogP contribution in [0, 0.1) is 0 Å². The third-order valence-corrected chi connectivity index (χ3v) is 5.54. The van der Waals surface area contributed by atoms with E-state index in [9.17, 15) is 0 Å². The van der Waals surface area contributed by atoms with Gasteiger partial charge in [-0.1, -0.05) is 30.3 Å². The first kappa shape index (κ1) is 21.5. The van der Waals surface area contributed by atoms with Gasteiger partial charge in [-0.3, -0.25) is 0 Å². The highest BCUT2D eigenvalue weighted by Crippen LogP contribution is 2.39. The number of halogens is 2. The van der Waals surface area contributed by atoms with Gasteiger partial charge < -0.3 is 17.3 Å². The number of fused-ring (bicyclic) bond motifs is 1. The molecular weight excluding hydrogens is 375 g/mol. The van der Waals surface area contributed by atoms with Crippen LogP contribution < -0.4 is 17.3 Å². The lowest BCUT2D eigenvalue weighted by Crippen LogP contribution is -3.00. The van der Waals surface area contributed by atoms with Crippen LogP contribution in [-0.4, -0.2) is 36.3 Å². The molecule has 3 rings (SSSR count). The van der Waals surface area contributed by atoms with Crippen molar-refractivity contribution in [2.24, 2.45) is 0 Å². The predicted molar refractivity (Wildman–Crippen MR) is 114 cm³/mol. The van der Waals surface area contributed by atoms with E-state index in [0.29, 0.717) is 5.88 Å². The van der Waals surface area contributed by atoms with Gasteiger partial charge in [0, 0.05) is 42.4 Å². The fourth-order valence-electron chi connectivity index (χ4n) is 3.84. The Kier molecular flexibility index (Phi) is 7.13. The molecule has 27 heavy (non-hydrogen) atoms. The number of rotatable bonds is 6. The lowest BCUT2D eigenvalue weighted by Gasteiger charge is -2.21. The minimum Gasteiger partial charge on any atom is -1.00 e. The SMILES string of the molecule is CCN(CCCl)c1ccc(C=CC2=[N+](C)c3ccccc3C2(C)C)cc1.[Cl-]. The number of hydrogen-bond donors (Lipinski definition) is 0. The summed E-state index contributed by atoms with van der Waals surface area (Å²) in [5.41, 5.74) is 6.46. The van der Waals surface area contributed by atoms with Gasteiger partial charge in [-0.15, -0.1) is 11.6 Å². The molecule has 2 aromatic rings. The molecule has 0 radical (unpaired) electrons. The number of nitrogens with zero attached hydrogens (tertiary/aromatic N) is 2. The minimum absolute atomic E-state index is 0. The first-order chi connectivity index (χ1) is 12.5. The van der Waals surface area contributed by atoms with E-state index >= 15 is 0 Å². The van der Waals surface area contributed by atoms with Gasteiger partial charge in [0.05, 0.1) is 5.41 Å². The predicted octanol–water partition coefficient (Wildman–Crippen LogP) is 2.48. The van der Waals surface area contributed by atoms with Crippen LogP contribution in [0.25, 0.3) is 6.08 Å². The molecule has 0 aliphatic carbocycles. The van der Waals surface area contributed by atoms with Crippen LogP contribution in [-0.2, 0) is 5.41 Å². The Morgan fingerprint density at radius 1 is 1.04 bits per heavy atom. The van der Waals surface area contributed by atoms with Gasteiger partial charge in [0.2, 0.25) is 5.69 Å². The molecular formula is C23H28Cl2N2. The van der Waals surface area contributed by atoms with E-state index < -0.39 is 0 Å². The second-order valence-electron chi connectivity index (χ2n) is 7.28. The summed E-state index contributed by atoms with van der Waals surface area (Å²) in [6.45, 7) is 8.60. The summed E-state index contributed by atoms with van der Waals surface area (Å²) >= 11 is 5.90. The summed E-state index contributed by atoms with van der Waals surface area (Å²) in [6.07, 6.45) is 4.46. The normalized spacial score (nSPS) is 15.0. The van der Waals surface area contributed by atoms with Crippen LogP contribution >= 0.6 is 11.6 Å². The van der Waals surface area contributed by atoms with Gasteiger partial charge in [-0.05, 0) is 44.5 Å². The Bertz CT molecular complexity index is 836. The Morgan fingerprint density at radius 2 is 1.70 bits per heavy atom. The van der Waals surface area contributed by atoms with E-state index in [1.807, 2.05) is 0 Å². The molecule has 1 heterocycles. The number of para-hydroxylation sites is 1. The molecule has 0 bridgehead atoms. The van der Waals surface area contributed by atoms with Crippen LogP contribution in [0.1, 0.15) is 31.9 Å². The fraction of sp³-hybridized carbons (Fsp3) is 0.348. The highest BCUT2D eigenvalue weighted by Gasteiger charge is 2.42. The standard InChI is InChI=1S/C23H28ClN2.ClH/c1-5-26(17-16-24)19-13-10-18(11-14-19)12-15-22-23(2,3)20-8-6-7-9-21(20)25(22)4;/h6-15H,5,16-17H2,1-4H3;1H/q+1;/p-1. The molecule has 2 nitrogen and oxygen atoms in total. The van der Waals surface area contributed by atoms with E-state index in [0.717, 1.165) is 13.1 Å². The maximum absolute atomic E-state index is 5.90. The summed E-state index contributed by atoms with van der Waals surface area (Å²) in [4.78, 5) is 2.29. The molecule has 0 amide bonds. The number of anilines is 1. The molecule has 0 spiro atoms. The quantitative estimate of drug-likeness (QED) is 0.531. The molecule has 2 aromatic carbocycles. The van der Waals surface area contributed by atoms with Crippen molar-refractivity contribution in [2.75, 3.05) is 30.9 Å². The number of benzene rings is 2. The van der Waals surface area contributed by atoms with Crippen LogP contribution in [0.15, 0.2) is 54.6 Å². The maximum atomic E-state index is 5.90. The summed E-state index contributed by atoms with van der Waals surface area (Å²) in [6, 6.07) is 17.4. The van der Waals surface area contributed by atoms with Crippen LogP contribution in [0.3, 0.4) is 0 Å². The lowest BCUT2D eigenvalue weighted by molar-refractivity contribution is -0.401. The Hall–Kier alpha value is -1.77. The molecule has 0 saturated carbocycles. The first-order valence-corrected chi connectivity index (χ1v) is 9.82. The van der Waals surface area contributed by atoms with Crippen molar-refractivity contribution in [2.45, 2.75) is 26.2 Å². The molecule has 1 aliphatic heterocycles. The van der Waals surface area contributed by atoms with Crippen LogP contribution in [0.4, 0.5) is 11.4 Å². The largest absolute Gasteiger partial charge is 1.00 e. The molecule has 0 fully saturated rings. The molecule has 1 aliphatic rings. The molecule has 4 heteroatoms. The zero-order valence-electron chi connectivity index (χ0n) is 16.5. The molecule has 0 aromatic heterocycles. The van der Waals surface area contributed by atoms with Crippen molar-refractivity contribution in [3.63, 3.8) is 0 Å². The Morgan fingerprint density at radius 3 is 2.30 bits per heavy atom. The summed E-state index contributed by atoms with van der Waals surface area (Å²) in [7, 11) is 2.15. The van der Waals surface area contributed by atoms with Crippen molar-refractivity contribution in [3.05, 3.63) is 65.7 Å². The molecule has 0 atom stereocenters. The average Bonchev–Trinajstić information content (AvgIpc) is 2.85. The van der Waals surface area contributed by atoms with E-state index in [4.69, 9.17) is 11.6 Å². The molecule has 0 saturated heterocycles. The number of alkyl halides is 1. The zero-order valence-corrected chi connectivity index (χ0v) is 18.1. The third-order valence-electron chi connectivity index (χ3n) is 5.37. The minimum atomic E-state index is 0. The average molecular weight is 403 g/mol. The van der Waals surface area contributed by atoms with E-state index in [-0.39, 0.29) is 17.8 Å². The van der Waals surface area contributed by atoms with Crippen molar-refractivity contribution in [3.8, 4) is 0 Å². The molecule has 144 valence electrons. The van der Waals surface area contributed by atoms with E-state index in [2.05, 4.69) is 98.0 Å². The van der Waals surface area contributed by atoms with Gasteiger partial charge in [0.25, 0.3) is 0 Å². The number of allylic oxidation sites excluding steroid dienone is 1. The summed E-state index contributed by atoms with van der Waals surface area (Å²) < 4.78 is 2.31. The highest BCUT2D eigenvalue weighted by atomic mass is 35.5. The third kappa shape index (κ3) is 4.23. The second-order valence-corrected chi connectivity index (χ2v) is 7.66. The van der Waals surface area contributed by atoms with Crippen molar-refractivity contribution >= 4 is 34.8 Å². The Labute approximate surface area is 174 Å². The summed E-state index contributed by atoms with van der Waals surface area (Å²) in [5.74, 6) is 0.649. The van der Waals surface area contributed by atoms with Gasteiger partial charge >= 0.3 is 0 Å². The van der Waals surface area contributed by atoms with Gasteiger partial charge in [0.15, 0.2) is 5.71 Å². The van der Waals surface area contributed by atoms with Crippen molar-refractivity contribution in [1.29, 1.82) is 0 Å². The topological polar surface area (TPSA) is 6.25 Å². The fourth-order valence-corrected chi connectivity index (χ4v) is 4.05. The Balaban J connectivity index is 0.00000261. The van der Waals surface area contributed by atoms with Crippen molar-refractivity contribution in [1.82, 2.24) is 0 Å². The second kappa shape index (κ2) is 8.95.